The van der Waals surface area contributed by atoms with E-state index in [2.05, 4.69) is 4.98 Å². The molecule has 1 heterocycles. The summed E-state index contributed by atoms with van der Waals surface area (Å²) >= 11 is 1.37. The topological polar surface area (TPSA) is 83.0 Å². The first-order valence-corrected chi connectivity index (χ1v) is 7.26. The van der Waals surface area contributed by atoms with E-state index in [9.17, 15) is 4.79 Å². The largest absolute Gasteiger partial charge is 0.384 e. The average molecular weight is 298 g/mol. The predicted molar refractivity (Wildman–Crippen MR) is 83.8 cm³/mol. The summed E-state index contributed by atoms with van der Waals surface area (Å²) < 4.78 is 0. The van der Waals surface area contributed by atoms with Crippen molar-refractivity contribution in [3.05, 3.63) is 48.7 Å². The number of carbonyl (C=O) groups is 1. The number of thioether (sulfide) groups is 1. The molecule has 6 heteroatoms. The Morgan fingerprint density at radius 3 is 2.67 bits per heavy atom. The molecular formula is C15H14N4OS. The molecule has 1 aromatic carbocycles. The van der Waals surface area contributed by atoms with Crippen LogP contribution in [0, 0.1) is 11.3 Å². The van der Waals surface area contributed by atoms with Crippen molar-refractivity contribution in [2.24, 2.45) is 0 Å². The molecule has 0 aliphatic carbocycles. The summed E-state index contributed by atoms with van der Waals surface area (Å²) in [6.07, 6.45) is 1.63. The first-order valence-electron chi connectivity index (χ1n) is 6.27. The van der Waals surface area contributed by atoms with Gasteiger partial charge in [-0.15, -0.1) is 11.8 Å². The minimum atomic E-state index is -0.121. The van der Waals surface area contributed by atoms with E-state index in [1.165, 1.54) is 16.7 Å². The van der Waals surface area contributed by atoms with Gasteiger partial charge < -0.3 is 5.73 Å². The van der Waals surface area contributed by atoms with Crippen molar-refractivity contribution >= 4 is 29.2 Å². The molecule has 0 aliphatic rings. The van der Waals surface area contributed by atoms with Crippen LogP contribution in [-0.2, 0) is 4.79 Å². The Kier molecular flexibility index (Phi) is 5.18. The molecule has 2 aromatic rings. The number of carbonyl (C=O) groups excluding carboxylic acids is 1. The standard InChI is InChI=1S/C15H14N4OS/c16-8-9-19(12-4-2-1-3-5-12)15(20)11-21-13-6-7-14(17)18-10-13/h1-7,10H,9,11H2,(H2,17,18). The fraction of sp³-hybridized carbons (Fsp3) is 0.133. The molecule has 1 aromatic heterocycles. The van der Waals surface area contributed by atoms with E-state index >= 15 is 0 Å². The van der Waals surface area contributed by atoms with Gasteiger partial charge in [0.25, 0.3) is 0 Å². The Hall–Kier alpha value is -2.52. The van der Waals surface area contributed by atoms with E-state index in [4.69, 9.17) is 11.0 Å². The quantitative estimate of drug-likeness (QED) is 0.676. The van der Waals surface area contributed by atoms with E-state index in [0.29, 0.717) is 5.82 Å². The number of aromatic nitrogens is 1. The number of hydrogen-bond acceptors (Lipinski definition) is 5. The van der Waals surface area contributed by atoms with Gasteiger partial charge in [-0.3, -0.25) is 9.69 Å². The lowest BCUT2D eigenvalue weighted by molar-refractivity contribution is -0.116. The molecule has 0 unspecified atom stereocenters. The van der Waals surface area contributed by atoms with Gasteiger partial charge in [-0.1, -0.05) is 18.2 Å². The van der Waals surface area contributed by atoms with Crippen LogP contribution in [0.1, 0.15) is 0 Å². The third kappa shape index (κ3) is 4.23. The first kappa shape index (κ1) is 14.9. The molecule has 0 saturated carbocycles. The number of nitrogens with two attached hydrogens (primary N) is 1. The highest BCUT2D eigenvalue weighted by molar-refractivity contribution is 8.00. The van der Waals surface area contributed by atoms with Gasteiger partial charge in [-0.2, -0.15) is 5.26 Å². The molecule has 0 radical (unpaired) electrons. The molecular weight excluding hydrogens is 284 g/mol. The second-order valence-electron chi connectivity index (χ2n) is 4.18. The van der Waals surface area contributed by atoms with Crippen LogP contribution in [0.5, 0.6) is 0 Å². The smallest absolute Gasteiger partial charge is 0.238 e. The number of para-hydroxylation sites is 1. The van der Waals surface area contributed by atoms with Crippen molar-refractivity contribution in [3.8, 4) is 6.07 Å². The molecule has 0 bridgehead atoms. The van der Waals surface area contributed by atoms with E-state index in [1.54, 1.807) is 12.3 Å². The minimum Gasteiger partial charge on any atom is -0.384 e. The van der Waals surface area contributed by atoms with E-state index in [1.807, 2.05) is 42.5 Å². The van der Waals surface area contributed by atoms with Gasteiger partial charge in [0.1, 0.15) is 12.4 Å². The number of rotatable bonds is 5. The Bertz CT molecular complexity index is 637. The second kappa shape index (κ2) is 7.31. The molecule has 0 fully saturated rings. The number of benzene rings is 1. The number of nitriles is 1. The van der Waals surface area contributed by atoms with Crippen LogP contribution in [0.2, 0.25) is 0 Å². The maximum atomic E-state index is 12.3. The lowest BCUT2D eigenvalue weighted by Gasteiger charge is -2.19. The van der Waals surface area contributed by atoms with E-state index in [-0.39, 0.29) is 18.2 Å². The molecule has 5 nitrogen and oxygen atoms in total. The van der Waals surface area contributed by atoms with Crippen LogP contribution in [0.4, 0.5) is 11.5 Å². The molecule has 2 N–H and O–H groups in total. The maximum absolute atomic E-state index is 12.3. The highest BCUT2D eigenvalue weighted by atomic mass is 32.2. The summed E-state index contributed by atoms with van der Waals surface area (Å²) in [5, 5.41) is 8.89. The van der Waals surface area contributed by atoms with E-state index < -0.39 is 0 Å². The zero-order valence-corrected chi connectivity index (χ0v) is 12.1. The van der Waals surface area contributed by atoms with Gasteiger partial charge in [-0.05, 0) is 24.3 Å². The van der Waals surface area contributed by atoms with Gasteiger partial charge in [0.05, 0.1) is 11.8 Å². The van der Waals surface area contributed by atoms with Crippen LogP contribution < -0.4 is 10.6 Å². The molecule has 0 saturated heterocycles. The van der Waals surface area contributed by atoms with Crippen molar-refractivity contribution in [1.82, 2.24) is 4.98 Å². The summed E-state index contributed by atoms with van der Waals surface area (Å²) in [5.41, 5.74) is 6.24. The lowest BCUT2D eigenvalue weighted by Crippen LogP contribution is -2.32. The second-order valence-corrected chi connectivity index (χ2v) is 5.23. The molecule has 0 atom stereocenters. The van der Waals surface area contributed by atoms with Crippen LogP contribution in [-0.4, -0.2) is 23.2 Å². The summed E-state index contributed by atoms with van der Waals surface area (Å²) in [4.78, 5) is 18.6. The Morgan fingerprint density at radius 2 is 2.05 bits per heavy atom. The zero-order chi connectivity index (χ0) is 15.1. The van der Waals surface area contributed by atoms with Crippen LogP contribution >= 0.6 is 11.8 Å². The minimum absolute atomic E-state index is 0.0311. The first-order chi connectivity index (χ1) is 10.2. The monoisotopic (exact) mass is 298 g/mol. The zero-order valence-electron chi connectivity index (χ0n) is 11.3. The van der Waals surface area contributed by atoms with Gasteiger partial charge in [0.15, 0.2) is 0 Å². The number of nitrogen functional groups attached to an aromatic ring is 1. The van der Waals surface area contributed by atoms with Crippen molar-refractivity contribution in [2.75, 3.05) is 22.9 Å². The molecule has 2 rings (SSSR count). The number of hydrogen-bond donors (Lipinski definition) is 1. The Morgan fingerprint density at radius 1 is 1.29 bits per heavy atom. The molecule has 21 heavy (non-hydrogen) atoms. The Balaban J connectivity index is 2.02. The summed E-state index contributed by atoms with van der Waals surface area (Å²) in [6, 6.07) is 14.7. The summed E-state index contributed by atoms with van der Waals surface area (Å²) in [5.74, 6) is 0.563. The molecule has 1 amide bonds. The Labute approximate surface area is 127 Å². The van der Waals surface area contributed by atoms with E-state index in [0.717, 1.165) is 10.6 Å². The third-order valence-corrected chi connectivity index (χ3v) is 3.69. The normalized spacial score (nSPS) is 9.86. The van der Waals surface area contributed by atoms with Crippen molar-refractivity contribution in [3.63, 3.8) is 0 Å². The van der Waals surface area contributed by atoms with Crippen LogP contribution in [0.3, 0.4) is 0 Å². The van der Waals surface area contributed by atoms with Gasteiger partial charge in [0.2, 0.25) is 5.91 Å². The van der Waals surface area contributed by atoms with Gasteiger partial charge in [0, 0.05) is 16.8 Å². The van der Waals surface area contributed by atoms with Crippen molar-refractivity contribution in [1.29, 1.82) is 5.26 Å². The maximum Gasteiger partial charge on any atom is 0.238 e. The number of anilines is 2. The van der Waals surface area contributed by atoms with Gasteiger partial charge in [-0.25, -0.2) is 4.98 Å². The highest BCUT2D eigenvalue weighted by Gasteiger charge is 2.15. The molecule has 0 aliphatic heterocycles. The third-order valence-electron chi connectivity index (χ3n) is 2.72. The summed E-state index contributed by atoms with van der Waals surface area (Å²) in [6.45, 7) is 0.0311. The SMILES string of the molecule is N#CCN(C(=O)CSc1ccc(N)nc1)c1ccccc1. The predicted octanol–water partition coefficient (Wildman–Crippen LogP) is 2.31. The number of amides is 1. The fourth-order valence-corrected chi connectivity index (χ4v) is 2.44. The van der Waals surface area contributed by atoms with Crippen LogP contribution in [0.25, 0.3) is 0 Å². The molecule has 106 valence electrons. The number of pyridine rings is 1. The molecule has 0 spiro atoms. The van der Waals surface area contributed by atoms with Gasteiger partial charge >= 0.3 is 0 Å². The highest BCUT2D eigenvalue weighted by Crippen LogP contribution is 2.20. The fourth-order valence-electron chi connectivity index (χ4n) is 1.70. The van der Waals surface area contributed by atoms with Crippen molar-refractivity contribution in [2.45, 2.75) is 4.90 Å². The number of nitrogens with zero attached hydrogens (tertiary/aromatic N) is 3. The van der Waals surface area contributed by atoms with Crippen LogP contribution in [0.15, 0.2) is 53.6 Å². The average Bonchev–Trinajstić information content (AvgIpc) is 2.52. The van der Waals surface area contributed by atoms with Crippen molar-refractivity contribution < 1.29 is 4.79 Å². The summed E-state index contributed by atoms with van der Waals surface area (Å²) in [7, 11) is 0. The lowest BCUT2D eigenvalue weighted by atomic mass is 10.3.